The average molecular weight is 553 g/mol. The second kappa shape index (κ2) is 11.0. The third-order valence-corrected chi connectivity index (χ3v) is 6.82. The lowest BCUT2D eigenvalue weighted by molar-refractivity contribution is -0.137. The standard InChI is InChI=1S/C29H27F3N4O4/c1-2-40-28(39)26-24-7-6-18(15-25(24)34-35-26)17-4-3-5-21(13-17)33-27(38)19-12-20(29(30,31)32)16-22(14-19)36-10-8-23(37)9-11-36/h3-7,12-16,23,37H,2,8-11H2,1H3,(H,33,38)(H,34,35). The lowest BCUT2D eigenvalue weighted by atomic mass is 10.0. The predicted octanol–water partition coefficient (Wildman–Crippen LogP) is 5.64. The van der Waals surface area contributed by atoms with Crippen molar-refractivity contribution in [2.45, 2.75) is 32.0 Å². The van der Waals surface area contributed by atoms with E-state index < -0.39 is 29.7 Å². The second-order valence-electron chi connectivity index (χ2n) is 9.57. The number of halogens is 3. The maximum Gasteiger partial charge on any atom is 0.416 e. The SMILES string of the molecule is CCOC(=O)c1n[nH]c2cc(-c3cccc(NC(=O)c4cc(N5CCC(O)CC5)cc(C(F)(F)F)c4)c3)ccc12. The van der Waals surface area contributed by atoms with Crippen LogP contribution in [-0.4, -0.2) is 53.0 Å². The molecule has 0 saturated carbocycles. The summed E-state index contributed by atoms with van der Waals surface area (Å²) in [6, 6.07) is 15.6. The molecule has 8 nitrogen and oxygen atoms in total. The highest BCUT2D eigenvalue weighted by Crippen LogP contribution is 2.34. The molecule has 3 N–H and O–H groups in total. The normalized spacial score (nSPS) is 14.4. The van der Waals surface area contributed by atoms with E-state index >= 15 is 0 Å². The smallest absolute Gasteiger partial charge is 0.416 e. The molecule has 3 aromatic carbocycles. The molecule has 0 radical (unpaired) electrons. The van der Waals surface area contributed by atoms with Crippen molar-refractivity contribution in [3.63, 3.8) is 0 Å². The summed E-state index contributed by atoms with van der Waals surface area (Å²) in [6.45, 7) is 2.73. The number of anilines is 2. The fourth-order valence-electron chi connectivity index (χ4n) is 4.75. The van der Waals surface area contributed by atoms with Crippen molar-refractivity contribution in [2.75, 3.05) is 29.9 Å². The molecule has 0 aliphatic carbocycles. The highest BCUT2D eigenvalue weighted by atomic mass is 19.4. The summed E-state index contributed by atoms with van der Waals surface area (Å²) in [6.07, 6.45) is -4.22. The number of aliphatic hydroxyl groups excluding tert-OH is 1. The van der Waals surface area contributed by atoms with E-state index in [-0.39, 0.29) is 23.6 Å². The van der Waals surface area contributed by atoms with Crippen molar-refractivity contribution >= 4 is 34.2 Å². The number of alkyl halides is 3. The number of nitrogens with zero attached hydrogens (tertiary/aromatic N) is 2. The molecule has 1 aliphatic heterocycles. The second-order valence-corrected chi connectivity index (χ2v) is 9.57. The highest BCUT2D eigenvalue weighted by Gasteiger charge is 2.33. The van der Waals surface area contributed by atoms with Gasteiger partial charge in [0.25, 0.3) is 5.91 Å². The third-order valence-electron chi connectivity index (χ3n) is 6.82. The first kappa shape index (κ1) is 27.2. The molecule has 40 heavy (non-hydrogen) atoms. The molecule has 0 spiro atoms. The lowest BCUT2D eigenvalue weighted by Gasteiger charge is -2.32. The van der Waals surface area contributed by atoms with Crippen molar-refractivity contribution < 1.29 is 32.6 Å². The Hall–Kier alpha value is -4.38. The molecular weight excluding hydrogens is 525 g/mol. The van der Waals surface area contributed by atoms with Crippen molar-refractivity contribution in [3.8, 4) is 11.1 Å². The number of hydrogen-bond acceptors (Lipinski definition) is 6. The summed E-state index contributed by atoms with van der Waals surface area (Å²) in [7, 11) is 0. The molecule has 0 unspecified atom stereocenters. The Morgan fingerprint density at radius 2 is 1.82 bits per heavy atom. The molecule has 1 amide bonds. The van der Waals surface area contributed by atoms with Gasteiger partial charge < -0.3 is 20.1 Å². The van der Waals surface area contributed by atoms with Gasteiger partial charge in [-0.1, -0.05) is 18.2 Å². The number of amides is 1. The zero-order valence-electron chi connectivity index (χ0n) is 21.6. The van der Waals surface area contributed by atoms with Gasteiger partial charge in [-0.15, -0.1) is 0 Å². The number of aromatic amines is 1. The fourth-order valence-corrected chi connectivity index (χ4v) is 4.75. The highest BCUT2D eigenvalue weighted by molar-refractivity contribution is 6.05. The molecule has 208 valence electrons. The number of benzene rings is 3. The van der Waals surface area contributed by atoms with Crippen molar-refractivity contribution in [3.05, 3.63) is 77.5 Å². The molecule has 1 aromatic heterocycles. The minimum Gasteiger partial charge on any atom is -0.461 e. The summed E-state index contributed by atoms with van der Waals surface area (Å²) in [5.41, 5.74) is 1.98. The molecular formula is C29H27F3N4O4. The van der Waals surface area contributed by atoms with Crippen LogP contribution in [0.2, 0.25) is 0 Å². The number of nitrogens with one attached hydrogen (secondary N) is 2. The summed E-state index contributed by atoms with van der Waals surface area (Å²) in [5, 5.41) is 20.0. The number of aliphatic hydroxyl groups is 1. The Balaban J connectivity index is 1.39. The van der Waals surface area contributed by atoms with Crippen LogP contribution in [0.3, 0.4) is 0 Å². The van der Waals surface area contributed by atoms with Gasteiger partial charge >= 0.3 is 12.1 Å². The summed E-state index contributed by atoms with van der Waals surface area (Å²) in [5.74, 6) is -1.20. The van der Waals surface area contributed by atoms with Crippen LogP contribution < -0.4 is 10.2 Å². The Morgan fingerprint density at radius 1 is 1.07 bits per heavy atom. The molecule has 2 heterocycles. The summed E-state index contributed by atoms with van der Waals surface area (Å²) < 4.78 is 46.1. The zero-order chi connectivity index (χ0) is 28.4. The van der Waals surface area contributed by atoms with E-state index in [0.717, 1.165) is 23.3 Å². The zero-order valence-corrected chi connectivity index (χ0v) is 21.6. The maximum absolute atomic E-state index is 13.7. The molecule has 0 bridgehead atoms. The van der Waals surface area contributed by atoms with Crippen molar-refractivity contribution in [1.82, 2.24) is 10.2 Å². The van der Waals surface area contributed by atoms with Gasteiger partial charge in [0.2, 0.25) is 0 Å². The maximum atomic E-state index is 13.7. The fraction of sp³-hybridized carbons (Fsp3) is 0.276. The molecule has 0 atom stereocenters. The third kappa shape index (κ3) is 5.79. The van der Waals surface area contributed by atoms with Crippen LogP contribution in [0.25, 0.3) is 22.0 Å². The van der Waals surface area contributed by atoms with Gasteiger partial charge in [-0.2, -0.15) is 18.3 Å². The van der Waals surface area contributed by atoms with Gasteiger partial charge in [0.05, 0.1) is 23.8 Å². The molecule has 4 aromatic rings. The van der Waals surface area contributed by atoms with E-state index in [0.29, 0.717) is 42.5 Å². The Kier molecular flexibility index (Phi) is 7.49. The minimum absolute atomic E-state index is 0.119. The topological polar surface area (TPSA) is 108 Å². The number of ether oxygens (including phenoxy) is 1. The Morgan fingerprint density at radius 3 is 2.55 bits per heavy atom. The van der Waals surface area contributed by atoms with E-state index in [2.05, 4.69) is 15.5 Å². The molecule has 1 aliphatic rings. The van der Waals surface area contributed by atoms with Crippen LogP contribution in [0.15, 0.2) is 60.7 Å². The number of esters is 1. The first-order valence-corrected chi connectivity index (χ1v) is 12.8. The predicted molar refractivity (Wildman–Crippen MR) is 144 cm³/mol. The van der Waals surface area contributed by atoms with Crippen LogP contribution in [0.1, 0.15) is 46.2 Å². The van der Waals surface area contributed by atoms with Gasteiger partial charge in [-0.05, 0) is 73.4 Å². The number of H-pyrrole nitrogens is 1. The number of hydrogen-bond donors (Lipinski definition) is 3. The van der Waals surface area contributed by atoms with Crippen LogP contribution in [-0.2, 0) is 10.9 Å². The number of carbonyl (C=O) groups is 2. The van der Waals surface area contributed by atoms with E-state index in [4.69, 9.17) is 4.74 Å². The van der Waals surface area contributed by atoms with Gasteiger partial charge in [0.15, 0.2) is 5.69 Å². The van der Waals surface area contributed by atoms with Crippen LogP contribution >= 0.6 is 0 Å². The number of aromatic nitrogens is 2. The van der Waals surface area contributed by atoms with Crippen molar-refractivity contribution in [2.24, 2.45) is 0 Å². The van der Waals surface area contributed by atoms with E-state index in [1.54, 1.807) is 48.2 Å². The number of piperidine rings is 1. The first-order valence-electron chi connectivity index (χ1n) is 12.8. The Labute approximate surface area is 227 Å². The van der Waals surface area contributed by atoms with E-state index in [9.17, 15) is 27.9 Å². The van der Waals surface area contributed by atoms with Crippen LogP contribution in [0.5, 0.6) is 0 Å². The van der Waals surface area contributed by atoms with Crippen LogP contribution in [0.4, 0.5) is 24.5 Å². The molecule has 11 heteroatoms. The lowest BCUT2D eigenvalue weighted by Crippen LogP contribution is -2.36. The largest absolute Gasteiger partial charge is 0.461 e. The van der Waals surface area contributed by atoms with Gasteiger partial charge in [0.1, 0.15) is 0 Å². The number of rotatable bonds is 6. The number of fused-ring (bicyclic) bond motifs is 1. The number of carbonyl (C=O) groups excluding carboxylic acids is 2. The average Bonchev–Trinajstić information content (AvgIpc) is 3.36. The van der Waals surface area contributed by atoms with Gasteiger partial charge in [0, 0.05) is 35.4 Å². The monoisotopic (exact) mass is 552 g/mol. The van der Waals surface area contributed by atoms with Crippen molar-refractivity contribution in [1.29, 1.82) is 0 Å². The minimum atomic E-state index is -4.63. The molecule has 5 rings (SSSR count). The Bertz CT molecular complexity index is 1560. The van der Waals surface area contributed by atoms with Gasteiger partial charge in [-0.25, -0.2) is 4.79 Å². The van der Waals surface area contributed by atoms with Gasteiger partial charge in [-0.3, -0.25) is 9.89 Å². The first-order chi connectivity index (χ1) is 19.1. The molecule has 1 fully saturated rings. The van der Waals surface area contributed by atoms with E-state index in [1.807, 2.05) is 6.07 Å². The van der Waals surface area contributed by atoms with E-state index in [1.165, 1.54) is 6.07 Å². The summed E-state index contributed by atoms with van der Waals surface area (Å²) >= 11 is 0. The quantitative estimate of drug-likeness (QED) is 0.267. The molecule has 1 saturated heterocycles. The van der Waals surface area contributed by atoms with Crippen LogP contribution in [0, 0.1) is 0 Å². The summed E-state index contributed by atoms with van der Waals surface area (Å²) in [4.78, 5) is 27.0.